The van der Waals surface area contributed by atoms with E-state index in [0.717, 1.165) is 24.6 Å². The maximum absolute atomic E-state index is 4.26. The van der Waals surface area contributed by atoms with E-state index in [2.05, 4.69) is 48.0 Å². The van der Waals surface area contributed by atoms with Gasteiger partial charge in [0.05, 0.1) is 11.4 Å². The monoisotopic (exact) mass is 224 g/mol. The molecule has 0 aromatic carbocycles. The van der Waals surface area contributed by atoms with Gasteiger partial charge in [-0.05, 0) is 39.7 Å². The molecule has 0 atom stereocenters. The molecule has 0 fully saturated rings. The molecule has 0 aliphatic heterocycles. The third-order valence-corrected chi connectivity index (χ3v) is 2.66. The number of rotatable bonds is 6. The van der Waals surface area contributed by atoms with E-state index >= 15 is 0 Å². The van der Waals surface area contributed by atoms with E-state index in [1.54, 1.807) is 0 Å². The van der Waals surface area contributed by atoms with Gasteiger partial charge in [0.25, 0.3) is 0 Å². The lowest BCUT2D eigenvalue weighted by atomic mass is 10.0. The van der Waals surface area contributed by atoms with Crippen molar-refractivity contribution in [2.24, 2.45) is 5.92 Å². The molecule has 16 heavy (non-hydrogen) atoms. The first kappa shape index (κ1) is 13.2. The number of hydrogen-bond acceptors (Lipinski definition) is 3. The van der Waals surface area contributed by atoms with Gasteiger partial charge in [0.1, 0.15) is 0 Å². The normalized spacial score (nSPS) is 11.7. The molecule has 4 nitrogen and oxygen atoms in total. The summed E-state index contributed by atoms with van der Waals surface area (Å²) in [6.07, 6.45) is 2.26. The van der Waals surface area contributed by atoms with Crippen LogP contribution in [0.2, 0.25) is 0 Å². The van der Waals surface area contributed by atoms with Gasteiger partial charge in [-0.1, -0.05) is 19.1 Å². The fourth-order valence-electron chi connectivity index (χ4n) is 1.75. The van der Waals surface area contributed by atoms with Crippen molar-refractivity contribution in [2.75, 3.05) is 7.05 Å². The molecule has 4 heteroatoms. The molecule has 0 amide bonds. The fraction of sp³-hybridized carbons (Fsp3) is 0.833. The minimum atomic E-state index is 0.389. The van der Waals surface area contributed by atoms with Gasteiger partial charge in [-0.15, -0.1) is 5.10 Å². The van der Waals surface area contributed by atoms with Crippen LogP contribution in [-0.4, -0.2) is 22.0 Å². The zero-order chi connectivity index (χ0) is 12.1. The first-order valence-corrected chi connectivity index (χ1v) is 6.13. The molecule has 0 spiro atoms. The van der Waals surface area contributed by atoms with Crippen molar-refractivity contribution in [3.05, 3.63) is 11.4 Å². The Kier molecular flexibility index (Phi) is 4.93. The fourth-order valence-corrected chi connectivity index (χ4v) is 1.75. The quantitative estimate of drug-likeness (QED) is 0.805. The van der Waals surface area contributed by atoms with E-state index < -0.39 is 0 Å². The smallest absolute Gasteiger partial charge is 0.0996 e. The highest BCUT2D eigenvalue weighted by molar-refractivity contribution is 5.11. The van der Waals surface area contributed by atoms with Crippen LogP contribution in [0.25, 0.3) is 0 Å². The van der Waals surface area contributed by atoms with Crippen LogP contribution in [0, 0.1) is 5.92 Å². The Morgan fingerprint density at radius 1 is 1.25 bits per heavy atom. The Bertz CT molecular complexity index is 315. The first-order chi connectivity index (χ1) is 7.56. The zero-order valence-electron chi connectivity index (χ0n) is 11.1. The molecule has 1 N–H and O–H groups in total. The van der Waals surface area contributed by atoms with Crippen LogP contribution in [0.1, 0.15) is 51.5 Å². The lowest BCUT2D eigenvalue weighted by Gasteiger charge is -2.12. The molecule has 0 unspecified atom stereocenters. The van der Waals surface area contributed by atoms with Gasteiger partial charge < -0.3 is 5.32 Å². The summed E-state index contributed by atoms with van der Waals surface area (Å²) in [6.45, 7) is 9.61. The second-order valence-electron chi connectivity index (χ2n) is 4.98. The van der Waals surface area contributed by atoms with Crippen molar-refractivity contribution in [1.29, 1.82) is 0 Å². The van der Waals surface area contributed by atoms with Gasteiger partial charge in [0, 0.05) is 12.6 Å². The molecule has 1 aromatic heterocycles. The molecule has 0 radical (unpaired) electrons. The Hall–Kier alpha value is -0.900. The van der Waals surface area contributed by atoms with Crippen LogP contribution in [0.3, 0.4) is 0 Å². The van der Waals surface area contributed by atoms with Crippen molar-refractivity contribution in [3.63, 3.8) is 0 Å². The molecule has 0 bridgehead atoms. The summed E-state index contributed by atoms with van der Waals surface area (Å²) in [7, 11) is 1.95. The van der Waals surface area contributed by atoms with Crippen molar-refractivity contribution < 1.29 is 0 Å². The molecular weight excluding hydrogens is 200 g/mol. The average molecular weight is 224 g/mol. The summed E-state index contributed by atoms with van der Waals surface area (Å²) in [5.41, 5.74) is 2.38. The summed E-state index contributed by atoms with van der Waals surface area (Å²) in [6, 6.07) is 0.389. The third-order valence-electron chi connectivity index (χ3n) is 2.66. The van der Waals surface area contributed by atoms with Crippen molar-refractivity contribution in [2.45, 2.75) is 53.1 Å². The van der Waals surface area contributed by atoms with Gasteiger partial charge in [-0.3, -0.25) is 0 Å². The van der Waals surface area contributed by atoms with Gasteiger partial charge in [-0.25, -0.2) is 4.68 Å². The van der Waals surface area contributed by atoms with Crippen LogP contribution >= 0.6 is 0 Å². The van der Waals surface area contributed by atoms with Gasteiger partial charge in [0.2, 0.25) is 0 Å². The Labute approximate surface area is 98.4 Å². The maximum atomic E-state index is 4.26. The van der Waals surface area contributed by atoms with Gasteiger partial charge >= 0.3 is 0 Å². The standard InChI is InChI=1S/C12H24N4/c1-9(2)6-7-12-11(8-13-5)14-15-16(12)10(3)4/h9-10,13H,6-8H2,1-5H3. The minimum Gasteiger partial charge on any atom is -0.314 e. The van der Waals surface area contributed by atoms with E-state index in [0.29, 0.717) is 6.04 Å². The van der Waals surface area contributed by atoms with E-state index in [1.165, 1.54) is 12.1 Å². The lowest BCUT2D eigenvalue weighted by Crippen LogP contribution is -2.12. The molecule has 0 aliphatic rings. The van der Waals surface area contributed by atoms with Crippen LogP contribution in [0.15, 0.2) is 0 Å². The summed E-state index contributed by atoms with van der Waals surface area (Å²) < 4.78 is 2.05. The van der Waals surface area contributed by atoms with Gasteiger partial charge in [0.15, 0.2) is 0 Å². The first-order valence-electron chi connectivity index (χ1n) is 6.13. The van der Waals surface area contributed by atoms with E-state index in [9.17, 15) is 0 Å². The number of aromatic nitrogens is 3. The van der Waals surface area contributed by atoms with Crippen LogP contribution in [0.4, 0.5) is 0 Å². The molecule has 1 heterocycles. The van der Waals surface area contributed by atoms with Gasteiger partial charge in [-0.2, -0.15) is 0 Å². The Morgan fingerprint density at radius 3 is 2.44 bits per heavy atom. The average Bonchev–Trinajstić information content (AvgIpc) is 2.58. The molecule has 92 valence electrons. The number of nitrogens with one attached hydrogen (secondary N) is 1. The van der Waals surface area contributed by atoms with Crippen LogP contribution < -0.4 is 5.32 Å². The maximum Gasteiger partial charge on any atom is 0.0996 e. The summed E-state index contributed by atoms with van der Waals surface area (Å²) in [5, 5.41) is 11.6. The zero-order valence-corrected chi connectivity index (χ0v) is 11.1. The Morgan fingerprint density at radius 2 is 1.94 bits per heavy atom. The molecule has 0 saturated heterocycles. The second kappa shape index (κ2) is 5.99. The van der Waals surface area contributed by atoms with E-state index in [4.69, 9.17) is 0 Å². The Balaban J connectivity index is 2.85. The molecule has 0 aliphatic carbocycles. The molecule has 1 rings (SSSR count). The SMILES string of the molecule is CNCc1nnn(C(C)C)c1CCC(C)C. The number of nitrogens with zero attached hydrogens (tertiary/aromatic N) is 3. The second-order valence-corrected chi connectivity index (χ2v) is 4.98. The summed E-state index contributed by atoms with van der Waals surface area (Å²) >= 11 is 0. The highest BCUT2D eigenvalue weighted by Gasteiger charge is 2.14. The van der Waals surface area contributed by atoms with Crippen LogP contribution in [0.5, 0.6) is 0 Å². The third kappa shape index (κ3) is 3.30. The van der Waals surface area contributed by atoms with E-state index in [1.807, 2.05) is 7.05 Å². The number of hydrogen-bond donors (Lipinski definition) is 1. The molecule has 1 aromatic rings. The minimum absolute atomic E-state index is 0.389. The largest absolute Gasteiger partial charge is 0.314 e. The van der Waals surface area contributed by atoms with E-state index in [-0.39, 0.29) is 0 Å². The summed E-state index contributed by atoms with van der Waals surface area (Å²) in [4.78, 5) is 0. The highest BCUT2D eigenvalue weighted by atomic mass is 15.4. The van der Waals surface area contributed by atoms with Crippen LogP contribution in [-0.2, 0) is 13.0 Å². The molecule has 0 saturated carbocycles. The highest BCUT2D eigenvalue weighted by Crippen LogP contribution is 2.16. The van der Waals surface area contributed by atoms with Crippen molar-refractivity contribution in [1.82, 2.24) is 20.3 Å². The predicted molar refractivity (Wildman–Crippen MR) is 66.3 cm³/mol. The lowest BCUT2D eigenvalue weighted by molar-refractivity contribution is 0.478. The topological polar surface area (TPSA) is 42.7 Å². The molecular formula is C12H24N4. The predicted octanol–water partition coefficient (Wildman–Crippen LogP) is 2.17. The van der Waals surface area contributed by atoms with Crippen molar-refractivity contribution in [3.8, 4) is 0 Å². The summed E-state index contributed by atoms with van der Waals surface area (Å²) in [5.74, 6) is 0.720. The van der Waals surface area contributed by atoms with Crippen molar-refractivity contribution >= 4 is 0 Å².